The Hall–Kier alpha value is -1.51. The van der Waals surface area contributed by atoms with Crippen molar-refractivity contribution in [3.05, 3.63) is 23.8 Å². The van der Waals surface area contributed by atoms with Crippen LogP contribution in [-0.4, -0.2) is 19.9 Å². The molecule has 1 aromatic carbocycles. The van der Waals surface area contributed by atoms with Gasteiger partial charge in [0.2, 0.25) is 0 Å². The number of ether oxygens (including phenoxy) is 1. The van der Waals surface area contributed by atoms with E-state index < -0.39 is 0 Å². The van der Waals surface area contributed by atoms with E-state index >= 15 is 0 Å². The molecule has 1 aromatic rings. The second-order valence-electron chi connectivity index (χ2n) is 2.79. The summed E-state index contributed by atoms with van der Waals surface area (Å²) in [5.74, 6) is 0.778. The summed E-state index contributed by atoms with van der Waals surface area (Å²) < 4.78 is 5.08. The van der Waals surface area contributed by atoms with Crippen LogP contribution in [-0.2, 0) is 0 Å². The van der Waals surface area contributed by atoms with E-state index in [0.717, 1.165) is 17.0 Å². The molecule has 0 unspecified atom stereocenters. The first-order valence-corrected chi connectivity index (χ1v) is 5.10. The molecule has 0 aliphatic carbocycles. The Morgan fingerprint density at radius 1 is 1.33 bits per heavy atom. The van der Waals surface area contributed by atoms with Crippen LogP contribution in [0.1, 0.15) is 26.3 Å². The van der Waals surface area contributed by atoms with Crippen molar-refractivity contribution >= 4 is 11.4 Å². The van der Waals surface area contributed by atoms with Crippen molar-refractivity contribution in [2.75, 3.05) is 19.5 Å². The molecule has 0 aromatic heterocycles. The monoisotopic (exact) mass is 208 g/mol. The average Bonchev–Trinajstić information content (AvgIpc) is 2.30. The maximum atomic E-state index is 7.56. The Morgan fingerprint density at radius 2 is 1.93 bits per heavy atom. The van der Waals surface area contributed by atoms with Gasteiger partial charge in [0.15, 0.2) is 0 Å². The number of benzene rings is 1. The molecule has 0 saturated carbocycles. The summed E-state index contributed by atoms with van der Waals surface area (Å²) in [6, 6.07) is 5.64. The molecule has 84 valence electrons. The number of nitrogens with one attached hydrogen (secondary N) is 2. The van der Waals surface area contributed by atoms with Gasteiger partial charge in [0.25, 0.3) is 0 Å². The van der Waals surface area contributed by atoms with Crippen LogP contribution < -0.4 is 10.1 Å². The van der Waals surface area contributed by atoms with E-state index in [2.05, 4.69) is 5.32 Å². The van der Waals surface area contributed by atoms with Gasteiger partial charge in [-0.15, -0.1) is 0 Å². The largest absolute Gasteiger partial charge is 0.497 e. The van der Waals surface area contributed by atoms with Gasteiger partial charge in [-0.3, -0.25) is 0 Å². The Bertz CT molecular complexity index is 321. The highest BCUT2D eigenvalue weighted by atomic mass is 16.5. The molecule has 15 heavy (non-hydrogen) atoms. The van der Waals surface area contributed by atoms with Crippen LogP contribution in [0.5, 0.6) is 5.75 Å². The van der Waals surface area contributed by atoms with Crippen LogP contribution in [0.25, 0.3) is 0 Å². The minimum absolute atomic E-state index is 0.531. The fourth-order valence-corrected chi connectivity index (χ4v) is 1.18. The van der Waals surface area contributed by atoms with Gasteiger partial charge in [-0.2, -0.15) is 0 Å². The Labute approximate surface area is 92.0 Å². The Balaban J connectivity index is 0.000000921. The maximum absolute atomic E-state index is 7.56. The predicted molar refractivity (Wildman–Crippen MR) is 66.4 cm³/mol. The minimum atomic E-state index is 0.531. The minimum Gasteiger partial charge on any atom is -0.497 e. The van der Waals surface area contributed by atoms with Crippen molar-refractivity contribution in [1.82, 2.24) is 0 Å². The summed E-state index contributed by atoms with van der Waals surface area (Å²) in [6.07, 6.45) is 0. The van der Waals surface area contributed by atoms with Crippen molar-refractivity contribution < 1.29 is 4.74 Å². The molecule has 0 saturated heterocycles. The van der Waals surface area contributed by atoms with Gasteiger partial charge < -0.3 is 15.5 Å². The summed E-state index contributed by atoms with van der Waals surface area (Å²) in [5, 5.41) is 10.6. The fraction of sp³-hybridized carbons (Fsp3) is 0.417. The lowest BCUT2D eigenvalue weighted by Gasteiger charge is -2.09. The lowest BCUT2D eigenvalue weighted by atomic mass is 10.1. The van der Waals surface area contributed by atoms with Crippen LogP contribution in [0.3, 0.4) is 0 Å². The highest BCUT2D eigenvalue weighted by Gasteiger charge is 2.04. The molecule has 3 heteroatoms. The van der Waals surface area contributed by atoms with Crippen molar-refractivity contribution in [2.45, 2.75) is 20.8 Å². The van der Waals surface area contributed by atoms with Crippen LogP contribution in [0, 0.1) is 5.41 Å². The van der Waals surface area contributed by atoms with E-state index in [1.807, 2.05) is 39.1 Å². The Morgan fingerprint density at radius 3 is 2.33 bits per heavy atom. The number of hydrogen-bond donors (Lipinski definition) is 2. The molecule has 2 N–H and O–H groups in total. The van der Waals surface area contributed by atoms with Crippen LogP contribution in [0.4, 0.5) is 5.69 Å². The molecule has 0 bridgehead atoms. The molecular weight excluding hydrogens is 188 g/mol. The van der Waals surface area contributed by atoms with E-state index in [4.69, 9.17) is 10.1 Å². The maximum Gasteiger partial charge on any atom is 0.119 e. The number of anilines is 1. The third-order valence-electron chi connectivity index (χ3n) is 1.90. The molecule has 0 spiro atoms. The van der Waals surface area contributed by atoms with Gasteiger partial charge in [-0.05, 0) is 25.1 Å². The lowest BCUT2D eigenvalue weighted by Crippen LogP contribution is -2.00. The van der Waals surface area contributed by atoms with Crippen molar-refractivity contribution in [3.8, 4) is 5.75 Å². The summed E-state index contributed by atoms with van der Waals surface area (Å²) in [7, 11) is 3.46. The third kappa shape index (κ3) is 3.62. The highest BCUT2D eigenvalue weighted by molar-refractivity contribution is 6.01. The molecule has 1 rings (SSSR count). The number of methoxy groups -OCH3 is 1. The molecule has 0 aliphatic rings. The van der Waals surface area contributed by atoms with Crippen LogP contribution >= 0.6 is 0 Å². The zero-order valence-corrected chi connectivity index (χ0v) is 10.1. The van der Waals surface area contributed by atoms with Gasteiger partial charge in [0.05, 0.1) is 7.11 Å². The molecule has 0 heterocycles. The first kappa shape index (κ1) is 13.5. The smallest absolute Gasteiger partial charge is 0.119 e. The van der Waals surface area contributed by atoms with Gasteiger partial charge >= 0.3 is 0 Å². The second kappa shape index (κ2) is 6.87. The van der Waals surface area contributed by atoms with E-state index in [1.165, 1.54) is 0 Å². The van der Waals surface area contributed by atoms with E-state index in [0.29, 0.717) is 5.71 Å². The topological polar surface area (TPSA) is 45.1 Å². The molecule has 0 amide bonds. The zero-order chi connectivity index (χ0) is 11.8. The molecule has 3 nitrogen and oxygen atoms in total. The van der Waals surface area contributed by atoms with Gasteiger partial charge in [-0.25, -0.2) is 0 Å². The van der Waals surface area contributed by atoms with Crippen molar-refractivity contribution in [2.24, 2.45) is 0 Å². The summed E-state index contributed by atoms with van der Waals surface area (Å²) in [4.78, 5) is 0. The number of rotatable bonds is 3. The molecule has 0 radical (unpaired) electrons. The average molecular weight is 208 g/mol. The van der Waals surface area contributed by atoms with Gasteiger partial charge in [0, 0.05) is 24.0 Å². The first-order valence-electron chi connectivity index (χ1n) is 5.10. The second-order valence-corrected chi connectivity index (χ2v) is 2.79. The van der Waals surface area contributed by atoms with Crippen LogP contribution in [0.15, 0.2) is 18.2 Å². The van der Waals surface area contributed by atoms with Crippen LogP contribution in [0.2, 0.25) is 0 Å². The summed E-state index contributed by atoms with van der Waals surface area (Å²) in [6.45, 7) is 5.76. The standard InChI is InChI=1S/C10H14N2O.C2H6/c1-7(11)9-6-8(13-3)4-5-10(9)12-2;1-2/h4-6,11-12H,1-3H3;1-2H3. The normalized spacial score (nSPS) is 8.60. The molecule has 0 fully saturated rings. The highest BCUT2D eigenvalue weighted by Crippen LogP contribution is 2.21. The lowest BCUT2D eigenvalue weighted by molar-refractivity contribution is 0.415. The Kier molecular flexibility index (Phi) is 6.18. The van der Waals surface area contributed by atoms with Gasteiger partial charge in [-0.1, -0.05) is 13.8 Å². The quantitative estimate of drug-likeness (QED) is 0.749. The van der Waals surface area contributed by atoms with E-state index in [1.54, 1.807) is 14.0 Å². The molecule has 0 aliphatic heterocycles. The fourth-order valence-electron chi connectivity index (χ4n) is 1.18. The van der Waals surface area contributed by atoms with Crippen molar-refractivity contribution in [1.29, 1.82) is 5.41 Å². The number of hydrogen-bond acceptors (Lipinski definition) is 3. The third-order valence-corrected chi connectivity index (χ3v) is 1.90. The SMILES string of the molecule is CC.CNc1ccc(OC)cc1C(C)=N. The van der Waals surface area contributed by atoms with E-state index in [-0.39, 0.29) is 0 Å². The predicted octanol–water partition coefficient (Wildman–Crippen LogP) is 3.15. The molecular formula is C12H20N2O. The van der Waals surface area contributed by atoms with Gasteiger partial charge in [0.1, 0.15) is 5.75 Å². The van der Waals surface area contributed by atoms with Crippen molar-refractivity contribution in [3.63, 3.8) is 0 Å². The first-order chi connectivity index (χ1) is 7.19. The zero-order valence-electron chi connectivity index (χ0n) is 10.1. The molecule has 0 atom stereocenters. The summed E-state index contributed by atoms with van der Waals surface area (Å²) in [5.41, 5.74) is 2.36. The summed E-state index contributed by atoms with van der Waals surface area (Å²) >= 11 is 0. The van der Waals surface area contributed by atoms with E-state index in [9.17, 15) is 0 Å².